The minimum atomic E-state index is -0.355. The summed E-state index contributed by atoms with van der Waals surface area (Å²) in [6.07, 6.45) is 0. The van der Waals surface area contributed by atoms with E-state index in [4.69, 9.17) is 0 Å². The largest absolute Gasteiger partial charge is 0.304 e. The number of nitrogens with zero attached hydrogens (tertiary/aromatic N) is 4. The summed E-state index contributed by atoms with van der Waals surface area (Å²) in [5.74, 6) is 0.265. The predicted molar refractivity (Wildman–Crippen MR) is 122 cm³/mol. The number of para-hydroxylation sites is 1. The minimum absolute atomic E-state index is 0.232. The number of fused-ring (bicyclic) bond motifs is 1. The van der Waals surface area contributed by atoms with Crippen LogP contribution in [-0.2, 0) is 0 Å². The third kappa shape index (κ3) is 3.56. The molecule has 1 aromatic carbocycles. The number of hydrogen-bond donors (Lipinski definition) is 2. The number of carbonyl (C=O) groups excluding carboxylic acids is 1. The zero-order valence-corrected chi connectivity index (χ0v) is 18.2. The van der Waals surface area contributed by atoms with Gasteiger partial charge in [0.05, 0.1) is 15.1 Å². The van der Waals surface area contributed by atoms with Crippen LogP contribution in [0.5, 0.6) is 0 Å². The van der Waals surface area contributed by atoms with Crippen LogP contribution in [-0.4, -0.2) is 30.6 Å². The zero-order chi connectivity index (χ0) is 21.5. The Balaban J connectivity index is 1.58. The first kappa shape index (κ1) is 19.3. The number of carbonyl (C=O) groups is 1. The molecule has 0 fully saturated rings. The number of benzene rings is 1. The second-order valence-electron chi connectivity index (χ2n) is 6.84. The standard InChI is InChI=1S/C21H16N6O2S2/c1-11-12(2)22-21(25-18(11)28)27-17(10-14(26-27)15-8-5-9-30-15)24-19(29)20-23-13-6-3-4-7-16(13)31-20/h3-10H,1-2H3,(H,24,29)(H,22,25,28). The van der Waals surface area contributed by atoms with Crippen LogP contribution in [0.25, 0.3) is 26.7 Å². The summed E-state index contributed by atoms with van der Waals surface area (Å²) in [7, 11) is 0. The van der Waals surface area contributed by atoms with E-state index in [-0.39, 0.29) is 17.4 Å². The Morgan fingerprint density at radius 1 is 1.13 bits per heavy atom. The number of aromatic nitrogens is 5. The van der Waals surface area contributed by atoms with Crippen LogP contribution in [0.4, 0.5) is 5.82 Å². The SMILES string of the molecule is Cc1nc(-n2nc(-c3cccs3)cc2NC(=O)c2nc3ccccc3s2)[nH]c(=O)c1C. The van der Waals surface area contributed by atoms with E-state index in [9.17, 15) is 9.59 Å². The second-order valence-corrected chi connectivity index (χ2v) is 8.82. The third-order valence-electron chi connectivity index (χ3n) is 4.80. The molecule has 1 amide bonds. The average molecular weight is 449 g/mol. The van der Waals surface area contributed by atoms with E-state index in [1.165, 1.54) is 27.4 Å². The van der Waals surface area contributed by atoms with Crippen LogP contribution < -0.4 is 10.9 Å². The van der Waals surface area contributed by atoms with Gasteiger partial charge in [0.2, 0.25) is 5.95 Å². The fourth-order valence-corrected chi connectivity index (χ4v) is 4.59. The van der Waals surface area contributed by atoms with Crippen LogP contribution in [0.15, 0.2) is 52.6 Å². The Bertz CT molecular complexity index is 1450. The highest BCUT2D eigenvalue weighted by molar-refractivity contribution is 7.20. The Morgan fingerprint density at radius 3 is 2.71 bits per heavy atom. The normalized spacial score (nSPS) is 11.2. The molecular weight excluding hydrogens is 432 g/mol. The van der Waals surface area contributed by atoms with Crippen LogP contribution >= 0.6 is 22.7 Å². The number of thiazole rings is 1. The molecule has 8 nitrogen and oxygen atoms in total. The van der Waals surface area contributed by atoms with Gasteiger partial charge in [0.1, 0.15) is 11.5 Å². The first-order chi connectivity index (χ1) is 15.0. The fourth-order valence-electron chi connectivity index (χ4n) is 3.05. The number of anilines is 1. The number of H-pyrrole nitrogens is 1. The molecule has 5 aromatic rings. The number of aromatic amines is 1. The number of rotatable bonds is 4. The first-order valence-corrected chi connectivity index (χ1v) is 11.1. The molecule has 0 saturated carbocycles. The predicted octanol–water partition coefficient (Wildman–Crippen LogP) is 4.16. The van der Waals surface area contributed by atoms with E-state index in [0.29, 0.717) is 27.8 Å². The maximum atomic E-state index is 13.0. The number of aryl methyl sites for hydroxylation is 1. The molecule has 0 aliphatic rings. The van der Waals surface area contributed by atoms with Crippen molar-refractivity contribution in [3.63, 3.8) is 0 Å². The van der Waals surface area contributed by atoms with Crippen molar-refractivity contribution >= 4 is 44.6 Å². The molecule has 0 radical (unpaired) electrons. The van der Waals surface area contributed by atoms with Gasteiger partial charge >= 0.3 is 0 Å². The maximum Gasteiger partial charge on any atom is 0.285 e. The van der Waals surface area contributed by atoms with Crippen molar-refractivity contribution in [1.29, 1.82) is 0 Å². The summed E-state index contributed by atoms with van der Waals surface area (Å²) in [5.41, 5.74) is 2.31. The molecule has 0 saturated heterocycles. The van der Waals surface area contributed by atoms with Crippen molar-refractivity contribution in [3.8, 4) is 16.5 Å². The maximum absolute atomic E-state index is 13.0. The van der Waals surface area contributed by atoms with Crippen molar-refractivity contribution in [2.75, 3.05) is 5.32 Å². The summed E-state index contributed by atoms with van der Waals surface area (Å²) in [4.78, 5) is 37.8. The summed E-state index contributed by atoms with van der Waals surface area (Å²) < 4.78 is 2.37. The minimum Gasteiger partial charge on any atom is -0.304 e. The lowest BCUT2D eigenvalue weighted by molar-refractivity contribution is 0.102. The van der Waals surface area contributed by atoms with Gasteiger partial charge in [-0.3, -0.25) is 14.6 Å². The molecule has 0 spiro atoms. The molecule has 2 N–H and O–H groups in total. The molecule has 0 bridgehead atoms. The molecule has 5 rings (SSSR count). The van der Waals surface area contributed by atoms with Crippen molar-refractivity contribution in [3.05, 3.63) is 74.5 Å². The van der Waals surface area contributed by atoms with E-state index in [1.807, 2.05) is 41.8 Å². The quantitative estimate of drug-likeness (QED) is 0.429. The Morgan fingerprint density at radius 2 is 1.97 bits per heavy atom. The van der Waals surface area contributed by atoms with Crippen LogP contribution in [0.2, 0.25) is 0 Å². The highest BCUT2D eigenvalue weighted by atomic mass is 32.1. The van der Waals surface area contributed by atoms with Gasteiger partial charge in [0, 0.05) is 17.3 Å². The monoisotopic (exact) mass is 448 g/mol. The topological polar surface area (TPSA) is 106 Å². The van der Waals surface area contributed by atoms with Gasteiger partial charge in [-0.05, 0) is 37.4 Å². The van der Waals surface area contributed by atoms with Gasteiger partial charge in [-0.25, -0.2) is 9.97 Å². The molecule has 0 aliphatic carbocycles. The summed E-state index contributed by atoms with van der Waals surface area (Å²) in [6.45, 7) is 3.47. The molecule has 0 atom stereocenters. The molecule has 0 aliphatic heterocycles. The van der Waals surface area contributed by atoms with Crippen molar-refractivity contribution < 1.29 is 4.79 Å². The van der Waals surface area contributed by atoms with Gasteiger partial charge in [0.25, 0.3) is 11.5 Å². The highest BCUT2D eigenvalue weighted by Gasteiger charge is 2.19. The van der Waals surface area contributed by atoms with Gasteiger partial charge in [-0.2, -0.15) is 9.78 Å². The Kier molecular flexibility index (Phi) is 4.72. The molecule has 31 heavy (non-hydrogen) atoms. The van der Waals surface area contributed by atoms with Gasteiger partial charge < -0.3 is 5.32 Å². The van der Waals surface area contributed by atoms with Crippen LogP contribution in [0.1, 0.15) is 21.1 Å². The molecule has 154 valence electrons. The lowest BCUT2D eigenvalue weighted by Crippen LogP contribution is -2.20. The van der Waals surface area contributed by atoms with Gasteiger partial charge in [-0.1, -0.05) is 18.2 Å². The summed E-state index contributed by atoms with van der Waals surface area (Å²) >= 11 is 2.84. The fraction of sp³-hybridized carbons (Fsp3) is 0.0952. The van der Waals surface area contributed by atoms with E-state index in [0.717, 1.165) is 15.1 Å². The summed E-state index contributed by atoms with van der Waals surface area (Å²) in [5, 5.41) is 9.75. The number of nitrogens with one attached hydrogen (secondary N) is 2. The van der Waals surface area contributed by atoms with Crippen molar-refractivity contribution in [2.45, 2.75) is 13.8 Å². The Hall–Kier alpha value is -3.63. The highest BCUT2D eigenvalue weighted by Crippen LogP contribution is 2.28. The zero-order valence-electron chi connectivity index (χ0n) is 16.5. The number of hydrogen-bond acceptors (Lipinski definition) is 7. The summed E-state index contributed by atoms with van der Waals surface area (Å²) in [6, 6.07) is 13.2. The number of amides is 1. The van der Waals surface area contributed by atoms with Gasteiger partial charge in [-0.15, -0.1) is 22.7 Å². The van der Waals surface area contributed by atoms with Crippen LogP contribution in [0.3, 0.4) is 0 Å². The van der Waals surface area contributed by atoms with E-state index in [1.54, 1.807) is 19.9 Å². The molecule has 4 aromatic heterocycles. The lowest BCUT2D eigenvalue weighted by atomic mass is 10.3. The van der Waals surface area contributed by atoms with E-state index < -0.39 is 0 Å². The first-order valence-electron chi connectivity index (χ1n) is 9.38. The van der Waals surface area contributed by atoms with E-state index >= 15 is 0 Å². The molecular formula is C21H16N6O2S2. The van der Waals surface area contributed by atoms with Gasteiger partial charge in [0.15, 0.2) is 5.01 Å². The third-order valence-corrected chi connectivity index (χ3v) is 6.72. The smallest absolute Gasteiger partial charge is 0.285 e. The lowest BCUT2D eigenvalue weighted by Gasteiger charge is -2.08. The molecule has 10 heteroatoms. The molecule has 4 heterocycles. The Labute approximate surface area is 184 Å². The van der Waals surface area contributed by atoms with E-state index in [2.05, 4.69) is 25.4 Å². The number of thiophene rings is 1. The van der Waals surface area contributed by atoms with Crippen LogP contribution in [0, 0.1) is 13.8 Å². The second kappa shape index (κ2) is 7.56. The van der Waals surface area contributed by atoms with Crippen molar-refractivity contribution in [2.24, 2.45) is 0 Å². The molecule has 0 unspecified atom stereocenters. The van der Waals surface area contributed by atoms with Crippen molar-refractivity contribution in [1.82, 2.24) is 24.7 Å². The average Bonchev–Trinajstić information content (AvgIpc) is 3.50.